The Balaban J connectivity index is 2.43. The molecule has 0 atom stereocenters. The minimum atomic E-state index is -0.553. The second-order valence-electron chi connectivity index (χ2n) is 5.37. The summed E-state index contributed by atoms with van der Waals surface area (Å²) in [5.74, 6) is 0.330. The maximum absolute atomic E-state index is 13.1. The molecule has 0 saturated carbocycles. The SMILES string of the molecule is CC(C)c1nn(Cc2cccc(F)n2)c(=O)n1C(C)C. The number of hydrogen-bond donors (Lipinski definition) is 0. The molecule has 0 aromatic carbocycles. The van der Waals surface area contributed by atoms with Gasteiger partial charge in [-0.1, -0.05) is 19.9 Å². The molecule has 0 saturated heterocycles. The largest absolute Gasteiger partial charge is 0.346 e. The molecular weight excluding hydrogens is 259 g/mol. The van der Waals surface area contributed by atoms with E-state index in [9.17, 15) is 9.18 Å². The molecule has 0 N–H and O–H groups in total. The van der Waals surface area contributed by atoms with E-state index in [1.54, 1.807) is 16.7 Å². The first kappa shape index (κ1) is 14.4. The standard InChI is InChI=1S/C14H19FN4O/c1-9(2)13-17-18(14(20)19(13)10(3)4)8-11-6-5-7-12(15)16-11/h5-7,9-10H,8H2,1-4H3. The second-order valence-corrected chi connectivity index (χ2v) is 5.37. The molecule has 6 heteroatoms. The zero-order valence-electron chi connectivity index (χ0n) is 12.2. The monoisotopic (exact) mass is 278 g/mol. The predicted octanol–water partition coefficient (Wildman–Crippen LogP) is 2.33. The zero-order valence-corrected chi connectivity index (χ0v) is 12.2. The summed E-state index contributed by atoms with van der Waals surface area (Å²) in [5.41, 5.74) is 0.297. The van der Waals surface area contributed by atoms with Crippen molar-refractivity contribution in [3.05, 3.63) is 46.1 Å². The molecule has 0 aliphatic rings. The van der Waals surface area contributed by atoms with Crippen LogP contribution in [0.25, 0.3) is 0 Å². The van der Waals surface area contributed by atoms with Crippen molar-refractivity contribution < 1.29 is 4.39 Å². The van der Waals surface area contributed by atoms with Gasteiger partial charge in [-0.15, -0.1) is 0 Å². The molecule has 108 valence electrons. The van der Waals surface area contributed by atoms with Gasteiger partial charge >= 0.3 is 5.69 Å². The van der Waals surface area contributed by atoms with E-state index < -0.39 is 5.95 Å². The van der Waals surface area contributed by atoms with Gasteiger partial charge in [0.05, 0.1) is 12.2 Å². The fourth-order valence-electron chi connectivity index (χ4n) is 2.11. The Bertz CT molecular complexity index is 657. The van der Waals surface area contributed by atoms with Crippen LogP contribution in [0.4, 0.5) is 4.39 Å². The predicted molar refractivity (Wildman–Crippen MR) is 74.3 cm³/mol. The van der Waals surface area contributed by atoms with E-state index in [0.29, 0.717) is 5.69 Å². The number of pyridine rings is 1. The molecular formula is C14H19FN4O. The maximum Gasteiger partial charge on any atom is 0.346 e. The Labute approximate surface area is 117 Å². The molecule has 0 bridgehead atoms. The van der Waals surface area contributed by atoms with Gasteiger partial charge in [-0.25, -0.2) is 14.5 Å². The minimum absolute atomic E-state index is 0.0362. The lowest BCUT2D eigenvalue weighted by Gasteiger charge is -2.10. The van der Waals surface area contributed by atoms with Crippen molar-refractivity contribution >= 4 is 0 Å². The third-order valence-corrected chi connectivity index (χ3v) is 3.01. The summed E-state index contributed by atoms with van der Waals surface area (Å²) in [6, 6.07) is 4.57. The number of nitrogens with zero attached hydrogens (tertiary/aromatic N) is 4. The van der Waals surface area contributed by atoms with E-state index in [1.165, 1.54) is 10.7 Å². The molecule has 0 radical (unpaired) electrons. The summed E-state index contributed by atoms with van der Waals surface area (Å²) >= 11 is 0. The van der Waals surface area contributed by atoms with Crippen molar-refractivity contribution in [1.29, 1.82) is 0 Å². The lowest BCUT2D eigenvalue weighted by Crippen LogP contribution is -2.27. The Kier molecular flexibility index (Phi) is 4.01. The Morgan fingerprint density at radius 3 is 2.45 bits per heavy atom. The summed E-state index contributed by atoms with van der Waals surface area (Å²) in [4.78, 5) is 16.1. The Hall–Kier alpha value is -1.98. The molecule has 20 heavy (non-hydrogen) atoms. The highest BCUT2D eigenvalue weighted by molar-refractivity contribution is 5.06. The first-order valence-corrected chi connectivity index (χ1v) is 6.70. The van der Waals surface area contributed by atoms with E-state index in [1.807, 2.05) is 27.7 Å². The number of hydrogen-bond acceptors (Lipinski definition) is 3. The summed E-state index contributed by atoms with van der Waals surface area (Å²) in [7, 11) is 0. The number of aromatic nitrogens is 4. The van der Waals surface area contributed by atoms with Crippen molar-refractivity contribution in [3.8, 4) is 0 Å². The fourth-order valence-corrected chi connectivity index (χ4v) is 2.11. The van der Waals surface area contributed by atoms with Crippen LogP contribution in [0, 0.1) is 5.95 Å². The summed E-state index contributed by atoms with van der Waals surface area (Å²) < 4.78 is 16.1. The van der Waals surface area contributed by atoms with E-state index in [0.717, 1.165) is 5.82 Å². The van der Waals surface area contributed by atoms with Crippen molar-refractivity contribution in [3.63, 3.8) is 0 Å². The molecule has 0 aliphatic carbocycles. The molecule has 0 amide bonds. The molecule has 0 spiro atoms. The van der Waals surface area contributed by atoms with Crippen molar-refractivity contribution in [1.82, 2.24) is 19.3 Å². The quantitative estimate of drug-likeness (QED) is 0.807. The van der Waals surface area contributed by atoms with Crippen LogP contribution in [0.2, 0.25) is 0 Å². The van der Waals surface area contributed by atoms with Gasteiger partial charge in [0.25, 0.3) is 0 Å². The van der Waals surface area contributed by atoms with Gasteiger partial charge < -0.3 is 0 Å². The van der Waals surface area contributed by atoms with Crippen LogP contribution in [0.3, 0.4) is 0 Å². The van der Waals surface area contributed by atoms with E-state index in [-0.39, 0.29) is 24.2 Å². The van der Waals surface area contributed by atoms with Gasteiger partial charge in [0, 0.05) is 12.0 Å². The summed E-state index contributed by atoms with van der Waals surface area (Å²) in [6.07, 6.45) is 0. The second kappa shape index (κ2) is 5.56. The smallest absolute Gasteiger partial charge is 0.276 e. The van der Waals surface area contributed by atoms with Crippen LogP contribution in [0.15, 0.2) is 23.0 Å². The molecule has 2 aromatic rings. The van der Waals surface area contributed by atoms with Gasteiger partial charge in [-0.05, 0) is 26.0 Å². The van der Waals surface area contributed by atoms with Gasteiger partial charge in [-0.2, -0.15) is 9.49 Å². The summed E-state index contributed by atoms with van der Waals surface area (Å²) in [5, 5.41) is 4.36. The van der Waals surface area contributed by atoms with E-state index >= 15 is 0 Å². The van der Waals surface area contributed by atoms with Crippen LogP contribution in [-0.4, -0.2) is 19.3 Å². The van der Waals surface area contributed by atoms with E-state index in [4.69, 9.17) is 0 Å². The average molecular weight is 278 g/mol. The third-order valence-electron chi connectivity index (χ3n) is 3.01. The van der Waals surface area contributed by atoms with Gasteiger partial charge in [0.2, 0.25) is 5.95 Å². The van der Waals surface area contributed by atoms with Gasteiger partial charge in [0.15, 0.2) is 0 Å². The van der Waals surface area contributed by atoms with Crippen LogP contribution >= 0.6 is 0 Å². The molecule has 0 aliphatic heterocycles. The fraction of sp³-hybridized carbons (Fsp3) is 0.500. The highest BCUT2D eigenvalue weighted by atomic mass is 19.1. The van der Waals surface area contributed by atoms with Crippen LogP contribution in [0.1, 0.15) is 51.2 Å². The van der Waals surface area contributed by atoms with Crippen molar-refractivity contribution in [2.75, 3.05) is 0 Å². The highest BCUT2D eigenvalue weighted by Gasteiger charge is 2.18. The van der Waals surface area contributed by atoms with Crippen molar-refractivity contribution in [2.24, 2.45) is 0 Å². The Morgan fingerprint density at radius 1 is 1.25 bits per heavy atom. The molecule has 0 fully saturated rings. The van der Waals surface area contributed by atoms with Gasteiger partial charge in [-0.3, -0.25) is 4.57 Å². The van der Waals surface area contributed by atoms with Gasteiger partial charge in [0.1, 0.15) is 5.82 Å². The zero-order chi connectivity index (χ0) is 14.9. The van der Waals surface area contributed by atoms with Crippen LogP contribution in [-0.2, 0) is 6.54 Å². The topological polar surface area (TPSA) is 52.7 Å². The molecule has 0 unspecified atom stereocenters. The Morgan fingerprint density at radius 2 is 1.95 bits per heavy atom. The molecule has 2 heterocycles. The van der Waals surface area contributed by atoms with Crippen molar-refractivity contribution in [2.45, 2.75) is 46.2 Å². The average Bonchev–Trinajstić information content (AvgIpc) is 2.67. The first-order chi connectivity index (χ1) is 9.40. The number of rotatable bonds is 4. The number of halogens is 1. The molecule has 2 aromatic heterocycles. The third kappa shape index (κ3) is 2.79. The minimum Gasteiger partial charge on any atom is -0.276 e. The van der Waals surface area contributed by atoms with Crippen LogP contribution < -0.4 is 5.69 Å². The molecule has 2 rings (SSSR count). The highest BCUT2D eigenvalue weighted by Crippen LogP contribution is 2.14. The van der Waals surface area contributed by atoms with Crippen LogP contribution in [0.5, 0.6) is 0 Å². The lowest BCUT2D eigenvalue weighted by molar-refractivity contribution is 0.528. The first-order valence-electron chi connectivity index (χ1n) is 6.70. The molecule has 5 nitrogen and oxygen atoms in total. The maximum atomic E-state index is 13.1. The van der Waals surface area contributed by atoms with E-state index in [2.05, 4.69) is 10.1 Å². The normalized spacial score (nSPS) is 11.6. The lowest BCUT2D eigenvalue weighted by atomic mass is 10.2. The summed E-state index contributed by atoms with van der Waals surface area (Å²) in [6.45, 7) is 8.05.